The Labute approximate surface area is 200 Å². The highest BCUT2D eigenvalue weighted by molar-refractivity contribution is 5.50. The number of aromatic hydroxyl groups is 2. The first kappa shape index (κ1) is 27.2. The first-order valence-corrected chi connectivity index (χ1v) is 12.3. The van der Waals surface area contributed by atoms with Crippen LogP contribution in [0, 0.1) is 0 Å². The summed E-state index contributed by atoms with van der Waals surface area (Å²) in [5, 5.41) is 40.2. The second kappa shape index (κ2) is 11.4. The molecule has 2 aromatic rings. The lowest BCUT2D eigenvalue weighted by molar-refractivity contribution is 0.284. The molecule has 0 unspecified atom stereocenters. The highest BCUT2D eigenvalue weighted by atomic mass is 16.3. The molecule has 0 aromatic heterocycles. The zero-order valence-electron chi connectivity index (χ0n) is 21.5. The van der Waals surface area contributed by atoms with E-state index in [-0.39, 0.29) is 24.0 Å². The van der Waals surface area contributed by atoms with Gasteiger partial charge in [-0.1, -0.05) is 53.7 Å². The van der Waals surface area contributed by atoms with Crippen molar-refractivity contribution in [1.82, 2.24) is 0 Å². The van der Waals surface area contributed by atoms with Crippen LogP contribution in [-0.2, 0) is 30.1 Å². The molecule has 0 radical (unpaired) electrons. The highest BCUT2D eigenvalue weighted by Crippen LogP contribution is 2.37. The summed E-state index contributed by atoms with van der Waals surface area (Å²) >= 11 is 0. The van der Waals surface area contributed by atoms with Crippen molar-refractivity contribution in [1.29, 1.82) is 0 Å². The normalized spacial score (nSPS) is 12.4. The number of aryl methyl sites for hydroxylation is 2. The predicted molar refractivity (Wildman–Crippen MR) is 136 cm³/mol. The van der Waals surface area contributed by atoms with Crippen LogP contribution < -0.4 is 0 Å². The van der Waals surface area contributed by atoms with E-state index in [0.717, 1.165) is 60.8 Å². The maximum Gasteiger partial charge on any atom is 0.119 e. The van der Waals surface area contributed by atoms with Gasteiger partial charge >= 0.3 is 0 Å². The van der Waals surface area contributed by atoms with E-state index in [1.165, 1.54) is 11.1 Å². The molecule has 0 saturated heterocycles. The lowest BCUT2D eigenvalue weighted by atomic mass is 9.81. The molecule has 0 aliphatic rings. The van der Waals surface area contributed by atoms with Gasteiger partial charge in [0, 0.05) is 13.2 Å². The van der Waals surface area contributed by atoms with Crippen molar-refractivity contribution in [2.75, 3.05) is 13.2 Å². The minimum absolute atomic E-state index is 0.170. The number of hydrogen-bond donors (Lipinski definition) is 4. The zero-order valence-corrected chi connectivity index (χ0v) is 21.5. The summed E-state index contributed by atoms with van der Waals surface area (Å²) in [5.41, 5.74) is 6.01. The van der Waals surface area contributed by atoms with E-state index in [9.17, 15) is 20.4 Å². The van der Waals surface area contributed by atoms with Crippen LogP contribution in [-0.4, -0.2) is 33.6 Å². The van der Waals surface area contributed by atoms with E-state index < -0.39 is 0 Å². The lowest BCUT2D eigenvalue weighted by Crippen LogP contribution is -2.14. The molecule has 0 aliphatic heterocycles. The molecule has 0 spiro atoms. The molecule has 0 fully saturated rings. The van der Waals surface area contributed by atoms with Gasteiger partial charge in [0.1, 0.15) is 11.5 Å². The average molecular weight is 457 g/mol. The molecule has 0 atom stereocenters. The Kier molecular flexibility index (Phi) is 9.39. The van der Waals surface area contributed by atoms with Crippen LogP contribution in [0.15, 0.2) is 24.3 Å². The fourth-order valence-electron chi connectivity index (χ4n) is 4.41. The summed E-state index contributed by atoms with van der Waals surface area (Å²) < 4.78 is 0. The van der Waals surface area contributed by atoms with Gasteiger partial charge in [-0.2, -0.15) is 0 Å². The van der Waals surface area contributed by atoms with Crippen LogP contribution in [0.25, 0.3) is 0 Å². The van der Waals surface area contributed by atoms with E-state index in [1.54, 1.807) is 0 Å². The molecule has 0 bridgehead atoms. The summed E-state index contributed by atoms with van der Waals surface area (Å²) in [6, 6.07) is 8.02. The van der Waals surface area contributed by atoms with Crippen molar-refractivity contribution in [3.05, 3.63) is 57.6 Å². The van der Waals surface area contributed by atoms with E-state index in [2.05, 4.69) is 53.7 Å². The molecule has 4 heteroatoms. The van der Waals surface area contributed by atoms with Crippen molar-refractivity contribution in [2.45, 2.75) is 97.3 Å². The molecule has 4 N–H and O–H groups in total. The van der Waals surface area contributed by atoms with Crippen LogP contribution in [0.4, 0.5) is 0 Å². The van der Waals surface area contributed by atoms with Crippen LogP contribution in [0.2, 0.25) is 0 Å². The molecule has 0 heterocycles. The Hall–Kier alpha value is -2.04. The van der Waals surface area contributed by atoms with Crippen LogP contribution >= 0.6 is 0 Å². The third-order valence-electron chi connectivity index (χ3n) is 6.34. The summed E-state index contributed by atoms with van der Waals surface area (Å²) in [7, 11) is 0. The van der Waals surface area contributed by atoms with Crippen molar-refractivity contribution >= 4 is 0 Å². The van der Waals surface area contributed by atoms with E-state index in [1.807, 2.05) is 12.1 Å². The molecule has 4 nitrogen and oxygen atoms in total. The zero-order chi connectivity index (χ0) is 24.8. The Morgan fingerprint density at radius 1 is 0.545 bits per heavy atom. The van der Waals surface area contributed by atoms with Gasteiger partial charge in [0.05, 0.1) is 0 Å². The smallest absolute Gasteiger partial charge is 0.119 e. The Balaban J connectivity index is 2.54. The van der Waals surface area contributed by atoms with Gasteiger partial charge in [-0.15, -0.1) is 0 Å². The second-order valence-electron chi connectivity index (χ2n) is 11.3. The monoisotopic (exact) mass is 456 g/mol. The van der Waals surface area contributed by atoms with Gasteiger partial charge in [0.15, 0.2) is 0 Å². The van der Waals surface area contributed by atoms with Gasteiger partial charge < -0.3 is 20.4 Å². The second-order valence-corrected chi connectivity index (χ2v) is 11.3. The highest BCUT2D eigenvalue weighted by Gasteiger charge is 2.23. The number of benzene rings is 2. The largest absolute Gasteiger partial charge is 0.508 e. The van der Waals surface area contributed by atoms with Crippen molar-refractivity contribution in [3.63, 3.8) is 0 Å². The van der Waals surface area contributed by atoms with Gasteiger partial charge in [-0.25, -0.2) is 0 Å². The number of hydrogen-bond acceptors (Lipinski definition) is 4. The van der Waals surface area contributed by atoms with Crippen molar-refractivity contribution in [2.24, 2.45) is 0 Å². The maximum absolute atomic E-state index is 10.8. The fraction of sp³-hybridized carbons (Fsp3) is 0.586. The Bertz CT molecular complexity index is 841. The number of phenols is 2. The number of aliphatic hydroxyl groups excluding tert-OH is 2. The standard InChI is InChI=1S/C29H44O4/c1-28(2,3)24-16-20(11-7-9-13-30)22(18-26(24)32)15-23-19-27(33)25(29(4,5)6)17-21(23)12-8-10-14-31/h16-19,30-33H,7-15H2,1-6H3. The van der Waals surface area contributed by atoms with Gasteiger partial charge in [-0.3, -0.25) is 0 Å². The SMILES string of the molecule is CC(C)(C)c1cc(CCCCO)c(Cc2cc(O)c(C(C)(C)C)cc2CCCCO)cc1O. The fourth-order valence-corrected chi connectivity index (χ4v) is 4.41. The predicted octanol–water partition coefficient (Wildman–Crippen LogP) is 5.91. The lowest BCUT2D eigenvalue weighted by Gasteiger charge is -2.25. The molecular formula is C29H44O4. The van der Waals surface area contributed by atoms with Gasteiger partial charge in [-0.05, 0) is 101 Å². The molecule has 0 aliphatic carbocycles. The third-order valence-corrected chi connectivity index (χ3v) is 6.34. The summed E-state index contributed by atoms with van der Waals surface area (Å²) in [4.78, 5) is 0. The molecule has 2 rings (SSSR count). The summed E-state index contributed by atoms with van der Waals surface area (Å²) in [6.45, 7) is 12.9. The summed E-state index contributed by atoms with van der Waals surface area (Å²) in [6.07, 6.45) is 5.57. The van der Waals surface area contributed by atoms with Gasteiger partial charge in [0.2, 0.25) is 0 Å². The first-order valence-electron chi connectivity index (χ1n) is 12.3. The number of rotatable bonds is 10. The molecular weight excluding hydrogens is 412 g/mol. The van der Waals surface area contributed by atoms with E-state index in [0.29, 0.717) is 17.9 Å². The molecule has 33 heavy (non-hydrogen) atoms. The van der Waals surface area contributed by atoms with Crippen LogP contribution in [0.1, 0.15) is 101 Å². The van der Waals surface area contributed by atoms with E-state index >= 15 is 0 Å². The number of aliphatic hydroxyl groups is 2. The van der Waals surface area contributed by atoms with Crippen molar-refractivity contribution < 1.29 is 20.4 Å². The average Bonchev–Trinajstić information content (AvgIpc) is 2.69. The first-order chi connectivity index (χ1) is 15.4. The maximum atomic E-state index is 10.8. The van der Waals surface area contributed by atoms with Crippen molar-refractivity contribution in [3.8, 4) is 11.5 Å². The third kappa shape index (κ3) is 7.48. The molecule has 184 valence electrons. The Morgan fingerprint density at radius 2 is 0.909 bits per heavy atom. The topological polar surface area (TPSA) is 80.9 Å². The van der Waals surface area contributed by atoms with Crippen LogP contribution in [0.5, 0.6) is 11.5 Å². The molecule has 0 amide bonds. The quantitative estimate of drug-likeness (QED) is 0.335. The molecule has 0 saturated carbocycles. The van der Waals surface area contributed by atoms with Crippen LogP contribution in [0.3, 0.4) is 0 Å². The number of phenolic OH excluding ortho intramolecular Hbond substituents is 2. The minimum atomic E-state index is -0.170. The van der Waals surface area contributed by atoms with E-state index in [4.69, 9.17) is 0 Å². The Morgan fingerprint density at radius 3 is 1.21 bits per heavy atom. The van der Waals surface area contributed by atoms with Gasteiger partial charge in [0.25, 0.3) is 0 Å². The number of unbranched alkanes of at least 4 members (excludes halogenated alkanes) is 2. The summed E-state index contributed by atoms with van der Waals surface area (Å²) in [5.74, 6) is 0.613. The minimum Gasteiger partial charge on any atom is -0.508 e. The molecule has 2 aromatic carbocycles.